The van der Waals surface area contributed by atoms with Gasteiger partial charge < -0.3 is 5.73 Å². The van der Waals surface area contributed by atoms with Crippen molar-refractivity contribution in [3.05, 3.63) is 28.7 Å². The molecule has 0 aliphatic carbocycles. The van der Waals surface area contributed by atoms with Crippen molar-refractivity contribution in [3.8, 4) is 0 Å². The lowest BCUT2D eigenvalue weighted by atomic mass is 9.90. The Balaban J connectivity index is 2.63. The van der Waals surface area contributed by atoms with E-state index in [-0.39, 0.29) is 11.0 Å². The molecule has 0 amide bonds. The van der Waals surface area contributed by atoms with Crippen LogP contribution in [-0.4, -0.2) is 16.3 Å². The molecule has 4 nitrogen and oxygen atoms in total. The van der Waals surface area contributed by atoms with E-state index in [1.807, 2.05) is 0 Å². The molecular weight excluding hydrogens is 178 g/mol. The van der Waals surface area contributed by atoms with Crippen LogP contribution in [0.25, 0.3) is 0 Å². The number of hydrogen-bond donors (Lipinski definition) is 1. The molecule has 1 rings (SSSR count). The molecule has 1 aromatic rings. The fraction of sp³-hybridized carbons (Fsp3) is 0.600. The summed E-state index contributed by atoms with van der Waals surface area (Å²) in [7, 11) is 0. The Morgan fingerprint density at radius 3 is 2.86 bits per heavy atom. The largest absolute Gasteiger partial charge is 0.330 e. The number of rotatable bonds is 4. The number of aryl methyl sites for hydroxylation is 1. The molecule has 2 N–H and O–H groups in total. The third kappa shape index (κ3) is 2.96. The lowest BCUT2D eigenvalue weighted by Crippen LogP contribution is -2.28. The van der Waals surface area contributed by atoms with Crippen molar-refractivity contribution >= 4 is 0 Å². The molecule has 0 aromatic carbocycles. The van der Waals surface area contributed by atoms with Gasteiger partial charge in [0.25, 0.3) is 5.56 Å². The highest BCUT2D eigenvalue weighted by Gasteiger charge is 2.15. The zero-order valence-corrected chi connectivity index (χ0v) is 8.73. The number of nitrogens with zero attached hydrogens (tertiary/aromatic N) is 2. The predicted octanol–water partition coefficient (Wildman–Crippen LogP) is 0.618. The molecule has 0 radical (unpaired) electrons. The van der Waals surface area contributed by atoms with Crippen molar-refractivity contribution in [1.82, 2.24) is 9.78 Å². The van der Waals surface area contributed by atoms with Crippen LogP contribution in [0.2, 0.25) is 0 Å². The quantitative estimate of drug-likeness (QED) is 0.766. The van der Waals surface area contributed by atoms with E-state index in [0.29, 0.717) is 13.1 Å². The van der Waals surface area contributed by atoms with E-state index in [1.54, 1.807) is 12.3 Å². The van der Waals surface area contributed by atoms with Crippen molar-refractivity contribution in [3.63, 3.8) is 0 Å². The molecule has 0 fully saturated rings. The lowest BCUT2D eigenvalue weighted by Gasteiger charge is -2.21. The fourth-order valence-corrected chi connectivity index (χ4v) is 1.07. The summed E-state index contributed by atoms with van der Waals surface area (Å²) in [4.78, 5) is 11.3. The molecule has 0 atom stereocenters. The van der Waals surface area contributed by atoms with Crippen molar-refractivity contribution in [1.29, 1.82) is 0 Å². The summed E-state index contributed by atoms with van der Waals surface area (Å²) in [5, 5.41) is 3.98. The van der Waals surface area contributed by atoms with Crippen LogP contribution in [0.5, 0.6) is 0 Å². The molecule has 14 heavy (non-hydrogen) atoms. The van der Waals surface area contributed by atoms with E-state index in [1.165, 1.54) is 10.7 Å². The van der Waals surface area contributed by atoms with Gasteiger partial charge in [-0.25, -0.2) is 4.68 Å². The molecule has 1 aromatic heterocycles. The van der Waals surface area contributed by atoms with Crippen LogP contribution in [0.4, 0.5) is 0 Å². The SMILES string of the molecule is CC(C)(CN)CCn1ncccc1=O. The standard InChI is InChI=1S/C10H17N3O/c1-10(2,8-11)5-7-13-9(14)4-3-6-12-13/h3-4,6H,5,7-8,11H2,1-2H3. The van der Waals surface area contributed by atoms with Crippen molar-refractivity contribution in [2.75, 3.05) is 6.54 Å². The molecule has 0 saturated heterocycles. The van der Waals surface area contributed by atoms with Gasteiger partial charge in [-0.15, -0.1) is 0 Å². The lowest BCUT2D eigenvalue weighted by molar-refractivity contribution is 0.313. The van der Waals surface area contributed by atoms with Crippen LogP contribution in [-0.2, 0) is 6.54 Å². The predicted molar refractivity (Wildman–Crippen MR) is 55.9 cm³/mol. The average molecular weight is 195 g/mol. The highest BCUT2D eigenvalue weighted by Crippen LogP contribution is 2.17. The maximum Gasteiger partial charge on any atom is 0.266 e. The van der Waals surface area contributed by atoms with E-state index < -0.39 is 0 Å². The number of hydrogen-bond acceptors (Lipinski definition) is 3. The van der Waals surface area contributed by atoms with E-state index in [0.717, 1.165) is 6.42 Å². The van der Waals surface area contributed by atoms with Crippen LogP contribution >= 0.6 is 0 Å². The van der Waals surface area contributed by atoms with Crippen LogP contribution < -0.4 is 11.3 Å². The molecule has 0 saturated carbocycles. The number of aromatic nitrogens is 2. The van der Waals surface area contributed by atoms with Gasteiger partial charge in [0.15, 0.2) is 0 Å². The first-order chi connectivity index (χ1) is 6.55. The van der Waals surface area contributed by atoms with Crippen LogP contribution in [0.1, 0.15) is 20.3 Å². The second-order valence-corrected chi connectivity index (χ2v) is 4.20. The van der Waals surface area contributed by atoms with Gasteiger partial charge >= 0.3 is 0 Å². The summed E-state index contributed by atoms with van der Waals surface area (Å²) in [6.45, 7) is 5.42. The Bertz CT molecular complexity index is 343. The molecular formula is C10H17N3O. The Kier molecular flexibility index (Phi) is 3.41. The smallest absolute Gasteiger partial charge is 0.266 e. The summed E-state index contributed by atoms with van der Waals surface area (Å²) in [5.41, 5.74) is 5.61. The summed E-state index contributed by atoms with van der Waals surface area (Å²) >= 11 is 0. The van der Waals surface area contributed by atoms with Crippen LogP contribution in [0.3, 0.4) is 0 Å². The second kappa shape index (κ2) is 4.37. The van der Waals surface area contributed by atoms with E-state index >= 15 is 0 Å². The Hall–Kier alpha value is -1.16. The van der Waals surface area contributed by atoms with E-state index in [9.17, 15) is 4.79 Å². The van der Waals surface area contributed by atoms with Gasteiger partial charge in [0.2, 0.25) is 0 Å². The average Bonchev–Trinajstić information content (AvgIpc) is 2.17. The number of nitrogens with two attached hydrogens (primary N) is 1. The topological polar surface area (TPSA) is 60.9 Å². The van der Waals surface area contributed by atoms with Gasteiger partial charge in [0.1, 0.15) is 0 Å². The summed E-state index contributed by atoms with van der Waals surface area (Å²) in [5.74, 6) is 0. The molecule has 1 heterocycles. The second-order valence-electron chi connectivity index (χ2n) is 4.20. The minimum absolute atomic E-state index is 0.0553. The third-order valence-electron chi connectivity index (χ3n) is 2.34. The Labute approximate surface area is 83.7 Å². The fourth-order valence-electron chi connectivity index (χ4n) is 1.07. The third-order valence-corrected chi connectivity index (χ3v) is 2.34. The first-order valence-corrected chi connectivity index (χ1v) is 4.77. The summed E-state index contributed by atoms with van der Waals surface area (Å²) in [6, 6.07) is 3.16. The first kappa shape index (κ1) is 10.9. The van der Waals surface area contributed by atoms with E-state index in [4.69, 9.17) is 5.73 Å². The Morgan fingerprint density at radius 1 is 1.57 bits per heavy atom. The minimum atomic E-state index is -0.0553. The van der Waals surface area contributed by atoms with Crippen LogP contribution in [0.15, 0.2) is 23.1 Å². The van der Waals surface area contributed by atoms with Crippen molar-refractivity contribution < 1.29 is 0 Å². The molecule has 78 valence electrons. The molecule has 0 aliphatic rings. The Morgan fingerprint density at radius 2 is 2.29 bits per heavy atom. The van der Waals surface area contributed by atoms with Gasteiger partial charge in [-0.1, -0.05) is 13.8 Å². The highest BCUT2D eigenvalue weighted by atomic mass is 16.1. The maximum atomic E-state index is 11.3. The van der Waals surface area contributed by atoms with E-state index in [2.05, 4.69) is 18.9 Å². The van der Waals surface area contributed by atoms with Gasteiger partial charge in [-0.2, -0.15) is 5.10 Å². The minimum Gasteiger partial charge on any atom is -0.330 e. The first-order valence-electron chi connectivity index (χ1n) is 4.77. The normalized spacial score (nSPS) is 11.6. The maximum absolute atomic E-state index is 11.3. The van der Waals surface area contributed by atoms with Gasteiger partial charge in [0.05, 0.1) is 0 Å². The van der Waals surface area contributed by atoms with Gasteiger partial charge in [0, 0.05) is 18.8 Å². The zero-order chi connectivity index (χ0) is 10.6. The molecule has 0 bridgehead atoms. The van der Waals surface area contributed by atoms with Crippen molar-refractivity contribution in [2.45, 2.75) is 26.8 Å². The van der Waals surface area contributed by atoms with Crippen molar-refractivity contribution in [2.24, 2.45) is 11.1 Å². The summed E-state index contributed by atoms with van der Waals surface area (Å²) in [6.07, 6.45) is 2.48. The summed E-state index contributed by atoms with van der Waals surface area (Å²) < 4.78 is 1.47. The molecule has 4 heteroatoms. The molecule has 0 unspecified atom stereocenters. The zero-order valence-electron chi connectivity index (χ0n) is 8.73. The molecule has 0 aliphatic heterocycles. The van der Waals surface area contributed by atoms with Gasteiger partial charge in [-0.05, 0) is 24.4 Å². The highest BCUT2D eigenvalue weighted by molar-refractivity contribution is 4.85. The van der Waals surface area contributed by atoms with Gasteiger partial charge in [-0.3, -0.25) is 4.79 Å². The molecule has 0 spiro atoms. The van der Waals surface area contributed by atoms with Crippen LogP contribution in [0, 0.1) is 5.41 Å². The monoisotopic (exact) mass is 195 g/mol.